The van der Waals surface area contributed by atoms with Gasteiger partial charge in [0.05, 0.1) is 12.8 Å². The van der Waals surface area contributed by atoms with Gasteiger partial charge in [-0.3, -0.25) is 10.1 Å². The number of halogens is 1. The smallest absolute Gasteiger partial charge is 0.250 e. The highest BCUT2D eigenvalue weighted by Gasteiger charge is 2.07. The number of hydrogen-bond donors (Lipinski definition) is 2. The Kier molecular flexibility index (Phi) is 5.55. The van der Waals surface area contributed by atoms with Crippen LogP contribution in [0.3, 0.4) is 0 Å². The molecule has 0 aliphatic heterocycles. The summed E-state index contributed by atoms with van der Waals surface area (Å²) in [7, 11) is 1.47. The zero-order chi connectivity index (χ0) is 18.5. The number of amides is 1. The van der Waals surface area contributed by atoms with Crippen molar-refractivity contribution in [2.75, 3.05) is 12.4 Å². The van der Waals surface area contributed by atoms with Crippen LogP contribution in [0.2, 0.25) is 5.02 Å². The second-order valence-corrected chi connectivity index (χ2v) is 6.60. The summed E-state index contributed by atoms with van der Waals surface area (Å²) >= 11 is 7.32. The van der Waals surface area contributed by atoms with Crippen LogP contribution in [0.4, 0.5) is 5.13 Å². The second kappa shape index (κ2) is 8.03. The van der Waals surface area contributed by atoms with Crippen molar-refractivity contribution in [1.82, 2.24) is 4.98 Å². The third kappa shape index (κ3) is 4.41. The summed E-state index contributed by atoms with van der Waals surface area (Å²) in [5, 5.41) is 15.3. The standard InChI is InChI=1S/C19H15ClN2O3S/c1-25-17-9-12(5-7-16(17)23)6-8-18(24)22-19-21-15(11-26-19)13-3-2-4-14(20)10-13/h2-11,23H,1H3,(H,21,22,24)/b8-6+. The lowest BCUT2D eigenvalue weighted by atomic mass is 10.2. The van der Waals surface area contributed by atoms with Gasteiger partial charge in [0.2, 0.25) is 5.91 Å². The number of aromatic nitrogens is 1. The van der Waals surface area contributed by atoms with Crippen LogP contribution in [0.15, 0.2) is 53.9 Å². The molecule has 0 atom stereocenters. The summed E-state index contributed by atoms with van der Waals surface area (Å²) in [6.45, 7) is 0. The Hall–Kier alpha value is -2.83. The maximum absolute atomic E-state index is 12.1. The SMILES string of the molecule is COc1cc(/C=C/C(=O)Nc2nc(-c3cccc(Cl)c3)cs2)ccc1O. The van der Waals surface area contributed by atoms with E-state index in [2.05, 4.69) is 10.3 Å². The highest BCUT2D eigenvalue weighted by atomic mass is 35.5. The van der Waals surface area contributed by atoms with E-state index in [0.29, 0.717) is 15.9 Å². The van der Waals surface area contributed by atoms with Gasteiger partial charge in [0.25, 0.3) is 0 Å². The molecule has 0 radical (unpaired) electrons. The van der Waals surface area contributed by atoms with Gasteiger partial charge in [-0.2, -0.15) is 0 Å². The van der Waals surface area contributed by atoms with Gasteiger partial charge in [-0.15, -0.1) is 11.3 Å². The predicted octanol–water partition coefficient (Wildman–Crippen LogP) is 4.83. The quantitative estimate of drug-likeness (QED) is 0.616. The third-order valence-electron chi connectivity index (χ3n) is 3.49. The molecule has 3 aromatic rings. The molecule has 132 valence electrons. The Labute approximate surface area is 159 Å². The summed E-state index contributed by atoms with van der Waals surface area (Å²) < 4.78 is 5.04. The Morgan fingerprint density at radius 2 is 2.15 bits per heavy atom. The number of phenols is 1. The molecular formula is C19H15ClN2O3S. The number of hydrogen-bond acceptors (Lipinski definition) is 5. The van der Waals surface area contributed by atoms with Gasteiger partial charge in [-0.1, -0.05) is 29.8 Å². The first kappa shape index (κ1) is 18.0. The van der Waals surface area contributed by atoms with Crippen molar-refractivity contribution in [3.05, 3.63) is 64.5 Å². The van der Waals surface area contributed by atoms with Crippen molar-refractivity contribution in [3.63, 3.8) is 0 Å². The van der Waals surface area contributed by atoms with Crippen molar-refractivity contribution >= 4 is 40.1 Å². The molecule has 7 heteroatoms. The average Bonchev–Trinajstić information content (AvgIpc) is 3.09. The molecule has 0 bridgehead atoms. The van der Waals surface area contributed by atoms with Crippen LogP contribution in [0.5, 0.6) is 11.5 Å². The fourth-order valence-electron chi connectivity index (χ4n) is 2.23. The Bertz CT molecular complexity index is 969. The maximum Gasteiger partial charge on any atom is 0.250 e. The summed E-state index contributed by atoms with van der Waals surface area (Å²) in [5.41, 5.74) is 2.37. The topological polar surface area (TPSA) is 71.5 Å². The number of benzene rings is 2. The van der Waals surface area contributed by atoms with E-state index in [4.69, 9.17) is 16.3 Å². The van der Waals surface area contributed by atoms with Gasteiger partial charge in [0.15, 0.2) is 16.6 Å². The molecule has 3 rings (SSSR count). The second-order valence-electron chi connectivity index (χ2n) is 5.30. The van der Waals surface area contributed by atoms with E-state index >= 15 is 0 Å². The average molecular weight is 387 g/mol. The van der Waals surface area contributed by atoms with Gasteiger partial charge in [0.1, 0.15) is 0 Å². The molecule has 0 unspecified atom stereocenters. The van der Waals surface area contributed by atoms with Crippen LogP contribution >= 0.6 is 22.9 Å². The number of thiazole rings is 1. The van der Waals surface area contributed by atoms with Crippen LogP contribution in [0.1, 0.15) is 5.56 Å². The highest BCUT2D eigenvalue weighted by Crippen LogP contribution is 2.28. The van der Waals surface area contributed by atoms with Gasteiger partial charge < -0.3 is 9.84 Å². The van der Waals surface area contributed by atoms with Crippen molar-refractivity contribution in [1.29, 1.82) is 0 Å². The number of phenolic OH excluding ortho intramolecular Hbond substituents is 1. The molecular weight excluding hydrogens is 372 g/mol. The Morgan fingerprint density at radius 3 is 2.92 bits per heavy atom. The van der Waals surface area contributed by atoms with E-state index in [-0.39, 0.29) is 11.7 Å². The third-order valence-corrected chi connectivity index (χ3v) is 4.48. The number of nitrogens with zero attached hydrogens (tertiary/aromatic N) is 1. The summed E-state index contributed by atoms with van der Waals surface area (Å²) in [6, 6.07) is 12.2. The minimum atomic E-state index is -0.302. The first-order valence-corrected chi connectivity index (χ1v) is 8.88. The predicted molar refractivity (Wildman–Crippen MR) is 105 cm³/mol. The van der Waals surface area contributed by atoms with Crippen molar-refractivity contribution in [2.24, 2.45) is 0 Å². The largest absolute Gasteiger partial charge is 0.504 e. The normalized spacial score (nSPS) is 10.8. The molecule has 0 spiro atoms. The van der Waals surface area contributed by atoms with Gasteiger partial charge in [0, 0.05) is 22.0 Å². The van der Waals surface area contributed by atoms with E-state index in [0.717, 1.165) is 16.8 Å². The zero-order valence-corrected chi connectivity index (χ0v) is 15.3. The fraction of sp³-hybridized carbons (Fsp3) is 0.0526. The minimum absolute atomic E-state index is 0.0467. The molecule has 1 aromatic heterocycles. The molecule has 2 N–H and O–H groups in total. The number of anilines is 1. The Balaban J connectivity index is 1.67. The molecule has 0 saturated carbocycles. The minimum Gasteiger partial charge on any atom is -0.504 e. The van der Waals surface area contributed by atoms with Gasteiger partial charge in [-0.05, 0) is 35.9 Å². The number of nitrogens with one attached hydrogen (secondary N) is 1. The molecule has 0 fully saturated rings. The van der Waals surface area contributed by atoms with E-state index in [1.807, 2.05) is 23.6 Å². The lowest BCUT2D eigenvalue weighted by Crippen LogP contribution is -2.07. The van der Waals surface area contributed by atoms with Crippen LogP contribution < -0.4 is 10.1 Å². The first-order valence-electron chi connectivity index (χ1n) is 7.62. The van der Waals surface area contributed by atoms with E-state index in [9.17, 15) is 9.90 Å². The van der Waals surface area contributed by atoms with Gasteiger partial charge >= 0.3 is 0 Å². The number of rotatable bonds is 5. The summed E-state index contributed by atoms with van der Waals surface area (Å²) in [6.07, 6.45) is 3.02. The highest BCUT2D eigenvalue weighted by molar-refractivity contribution is 7.14. The number of carbonyl (C=O) groups excluding carboxylic acids is 1. The van der Waals surface area contributed by atoms with Crippen LogP contribution in [-0.4, -0.2) is 23.1 Å². The fourth-order valence-corrected chi connectivity index (χ4v) is 3.14. The van der Waals surface area contributed by atoms with E-state index in [1.54, 1.807) is 24.3 Å². The van der Waals surface area contributed by atoms with E-state index in [1.165, 1.54) is 30.6 Å². The Morgan fingerprint density at radius 1 is 1.31 bits per heavy atom. The lowest BCUT2D eigenvalue weighted by Gasteiger charge is -2.03. The number of methoxy groups -OCH3 is 1. The monoisotopic (exact) mass is 386 g/mol. The van der Waals surface area contributed by atoms with Crippen molar-refractivity contribution in [2.45, 2.75) is 0 Å². The molecule has 26 heavy (non-hydrogen) atoms. The van der Waals surface area contributed by atoms with E-state index < -0.39 is 0 Å². The maximum atomic E-state index is 12.1. The van der Waals surface area contributed by atoms with Crippen molar-refractivity contribution in [3.8, 4) is 22.8 Å². The van der Waals surface area contributed by atoms with Crippen LogP contribution in [-0.2, 0) is 4.79 Å². The van der Waals surface area contributed by atoms with Crippen LogP contribution in [0, 0.1) is 0 Å². The summed E-state index contributed by atoms with van der Waals surface area (Å²) in [5.74, 6) is 0.0908. The van der Waals surface area contributed by atoms with Crippen LogP contribution in [0.25, 0.3) is 17.3 Å². The first-order chi connectivity index (χ1) is 12.5. The zero-order valence-electron chi connectivity index (χ0n) is 13.8. The molecule has 1 heterocycles. The molecule has 0 aliphatic carbocycles. The molecule has 5 nitrogen and oxygen atoms in total. The molecule has 0 aliphatic rings. The number of ether oxygens (including phenoxy) is 1. The number of carbonyl (C=O) groups is 1. The summed E-state index contributed by atoms with van der Waals surface area (Å²) in [4.78, 5) is 16.5. The lowest BCUT2D eigenvalue weighted by molar-refractivity contribution is -0.111. The molecule has 1 amide bonds. The number of aromatic hydroxyl groups is 1. The van der Waals surface area contributed by atoms with Crippen molar-refractivity contribution < 1.29 is 14.6 Å². The molecule has 2 aromatic carbocycles. The van der Waals surface area contributed by atoms with Gasteiger partial charge in [-0.25, -0.2) is 4.98 Å². The molecule has 0 saturated heterocycles.